The predicted molar refractivity (Wildman–Crippen MR) is 74.8 cm³/mol. The number of aromatic nitrogens is 2. The number of benzene rings is 1. The maximum Gasteiger partial charge on any atom is 0.134 e. The van der Waals surface area contributed by atoms with E-state index in [-0.39, 0.29) is 6.04 Å². The molecule has 1 unspecified atom stereocenters. The van der Waals surface area contributed by atoms with Gasteiger partial charge in [-0.3, -0.25) is 0 Å². The maximum absolute atomic E-state index is 6.21. The summed E-state index contributed by atoms with van der Waals surface area (Å²) in [6.45, 7) is 2.07. The Morgan fingerprint density at radius 3 is 2.95 bits per heavy atom. The van der Waals surface area contributed by atoms with Crippen molar-refractivity contribution in [1.29, 1.82) is 0 Å². The van der Waals surface area contributed by atoms with E-state index in [4.69, 9.17) is 10.2 Å². The highest BCUT2D eigenvalue weighted by atomic mass is 16.3. The quantitative estimate of drug-likeness (QED) is 0.783. The predicted octanol–water partition coefficient (Wildman–Crippen LogP) is 2.72. The second kappa shape index (κ2) is 4.55. The average Bonchev–Trinajstić information content (AvgIpc) is 2.96. The normalized spacial score (nSPS) is 13.0. The van der Waals surface area contributed by atoms with E-state index in [1.54, 1.807) is 6.20 Å². The maximum atomic E-state index is 6.21. The second-order valence-electron chi connectivity index (χ2n) is 4.96. The van der Waals surface area contributed by atoms with Crippen molar-refractivity contribution in [2.24, 2.45) is 12.8 Å². The average molecular weight is 255 g/mol. The molecule has 2 heterocycles. The van der Waals surface area contributed by atoms with Gasteiger partial charge in [-0.15, -0.1) is 0 Å². The first-order valence-corrected chi connectivity index (χ1v) is 6.35. The minimum Gasteiger partial charge on any atom is -0.459 e. The molecule has 0 spiro atoms. The van der Waals surface area contributed by atoms with Crippen molar-refractivity contribution in [3.8, 4) is 0 Å². The van der Waals surface area contributed by atoms with E-state index in [1.807, 2.05) is 36.0 Å². The minimum absolute atomic E-state index is 0.172. The van der Waals surface area contributed by atoms with Crippen LogP contribution in [0.5, 0.6) is 0 Å². The topological polar surface area (TPSA) is 57.0 Å². The highest BCUT2D eigenvalue weighted by Crippen LogP contribution is 2.25. The van der Waals surface area contributed by atoms with Crippen molar-refractivity contribution in [3.63, 3.8) is 0 Å². The number of rotatable bonds is 3. The standard InChI is InChI=1S/C15H17N3O/c1-10-3-4-13-11(7-10)8-14(19-13)12(16)9-15-17-5-6-18(15)2/h3-8,12H,9,16H2,1-2H3. The first kappa shape index (κ1) is 12.0. The van der Waals surface area contributed by atoms with Crippen LogP contribution in [0.15, 0.2) is 41.1 Å². The van der Waals surface area contributed by atoms with Crippen molar-refractivity contribution < 1.29 is 4.42 Å². The Kier molecular flexibility index (Phi) is 2.87. The van der Waals surface area contributed by atoms with Gasteiger partial charge in [0.25, 0.3) is 0 Å². The van der Waals surface area contributed by atoms with Crippen LogP contribution in [0.4, 0.5) is 0 Å². The molecule has 1 aromatic carbocycles. The molecule has 4 heteroatoms. The van der Waals surface area contributed by atoms with Crippen LogP contribution in [0.25, 0.3) is 11.0 Å². The SMILES string of the molecule is Cc1ccc2oc(C(N)Cc3nccn3C)cc2c1. The highest BCUT2D eigenvalue weighted by Gasteiger charge is 2.14. The fourth-order valence-electron chi connectivity index (χ4n) is 2.26. The number of furan rings is 1. The molecule has 0 aliphatic carbocycles. The Bertz CT molecular complexity index is 711. The monoisotopic (exact) mass is 255 g/mol. The van der Waals surface area contributed by atoms with Crippen molar-refractivity contribution in [1.82, 2.24) is 9.55 Å². The van der Waals surface area contributed by atoms with E-state index < -0.39 is 0 Å². The summed E-state index contributed by atoms with van der Waals surface area (Å²) in [5, 5.41) is 1.10. The Balaban J connectivity index is 1.89. The Labute approximate surface area is 111 Å². The van der Waals surface area contributed by atoms with Gasteiger partial charge in [0.2, 0.25) is 0 Å². The number of hydrogen-bond donors (Lipinski definition) is 1. The molecule has 0 bridgehead atoms. The number of imidazole rings is 1. The summed E-state index contributed by atoms with van der Waals surface area (Å²) in [6, 6.07) is 7.99. The number of aryl methyl sites for hydroxylation is 2. The number of nitrogens with two attached hydrogens (primary N) is 1. The molecule has 4 nitrogen and oxygen atoms in total. The lowest BCUT2D eigenvalue weighted by molar-refractivity contribution is 0.485. The van der Waals surface area contributed by atoms with Crippen molar-refractivity contribution in [3.05, 3.63) is 53.8 Å². The van der Waals surface area contributed by atoms with Crippen molar-refractivity contribution >= 4 is 11.0 Å². The van der Waals surface area contributed by atoms with Gasteiger partial charge in [0.1, 0.15) is 17.2 Å². The molecule has 2 aromatic heterocycles. The minimum atomic E-state index is -0.172. The van der Waals surface area contributed by atoms with Gasteiger partial charge in [0.15, 0.2) is 0 Å². The van der Waals surface area contributed by atoms with E-state index in [0.29, 0.717) is 6.42 Å². The van der Waals surface area contributed by atoms with Gasteiger partial charge in [-0.2, -0.15) is 0 Å². The summed E-state index contributed by atoms with van der Waals surface area (Å²) in [4.78, 5) is 4.29. The van der Waals surface area contributed by atoms with Gasteiger partial charge in [-0.1, -0.05) is 11.6 Å². The summed E-state index contributed by atoms with van der Waals surface area (Å²) >= 11 is 0. The van der Waals surface area contributed by atoms with Gasteiger partial charge in [0, 0.05) is 31.2 Å². The third kappa shape index (κ3) is 2.27. The van der Waals surface area contributed by atoms with Gasteiger partial charge in [-0.25, -0.2) is 4.98 Å². The molecule has 0 fully saturated rings. The summed E-state index contributed by atoms with van der Waals surface area (Å²) in [6.07, 6.45) is 4.37. The van der Waals surface area contributed by atoms with Crippen LogP contribution in [-0.4, -0.2) is 9.55 Å². The van der Waals surface area contributed by atoms with Crippen LogP contribution in [-0.2, 0) is 13.5 Å². The van der Waals surface area contributed by atoms with E-state index in [2.05, 4.69) is 18.0 Å². The molecule has 98 valence electrons. The third-order valence-corrected chi connectivity index (χ3v) is 3.38. The molecule has 19 heavy (non-hydrogen) atoms. The van der Waals surface area contributed by atoms with Crippen LogP contribution in [0, 0.1) is 6.92 Å². The molecular weight excluding hydrogens is 238 g/mol. The first-order valence-electron chi connectivity index (χ1n) is 6.35. The zero-order chi connectivity index (χ0) is 13.4. The molecule has 3 aromatic rings. The summed E-state index contributed by atoms with van der Waals surface area (Å²) < 4.78 is 7.79. The lowest BCUT2D eigenvalue weighted by Crippen LogP contribution is -2.15. The number of hydrogen-bond acceptors (Lipinski definition) is 3. The largest absolute Gasteiger partial charge is 0.459 e. The van der Waals surface area contributed by atoms with Crippen molar-refractivity contribution in [2.45, 2.75) is 19.4 Å². The lowest BCUT2D eigenvalue weighted by atomic mass is 10.1. The molecule has 0 saturated heterocycles. The van der Waals surface area contributed by atoms with E-state index in [1.165, 1.54) is 5.56 Å². The van der Waals surface area contributed by atoms with Crippen LogP contribution < -0.4 is 5.73 Å². The lowest BCUT2D eigenvalue weighted by Gasteiger charge is -2.08. The molecule has 0 amide bonds. The van der Waals surface area contributed by atoms with Crippen LogP contribution in [0.3, 0.4) is 0 Å². The van der Waals surface area contributed by atoms with E-state index in [0.717, 1.165) is 22.6 Å². The van der Waals surface area contributed by atoms with E-state index >= 15 is 0 Å². The Morgan fingerprint density at radius 1 is 1.37 bits per heavy atom. The van der Waals surface area contributed by atoms with Gasteiger partial charge in [-0.05, 0) is 25.1 Å². The zero-order valence-electron chi connectivity index (χ0n) is 11.1. The Hall–Kier alpha value is -2.07. The molecule has 0 saturated carbocycles. The zero-order valence-corrected chi connectivity index (χ0v) is 11.1. The van der Waals surface area contributed by atoms with Crippen LogP contribution in [0.2, 0.25) is 0 Å². The highest BCUT2D eigenvalue weighted by molar-refractivity contribution is 5.78. The van der Waals surface area contributed by atoms with Crippen molar-refractivity contribution in [2.75, 3.05) is 0 Å². The fraction of sp³-hybridized carbons (Fsp3) is 0.267. The smallest absolute Gasteiger partial charge is 0.134 e. The van der Waals surface area contributed by atoms with Crippen LogP contribution >= 0.6 is 0 Å². The fourth-order valence-corrected chi connectivity index (χ4v) is 2.26. The molecule has 0 aliphatic heterocycles. The molecular formula is C15H17N3O. The summed E-state index contributed by atoms with van der Waals surface area (Å²) in [5.74, 6) is 1.77. The van der Waals surface area contributed by atoms with Crippen LogP contribution in [0.1, 0.15) is 23.2 Å². The second-order valence-corrected chi connectivity index (χ2v) is 4.96. The molecule has 2 N–H and O–H groups in total. The number of fused-ring (bicyclic) bond motifs is 1. The van der Waals surface area contributed by atoms with E-state index in [9.17, 15) is 0 Å². The third-order valence-electron chi connectivity index (χ3n) is 3.38. The summed E-state index contributed by atoms with van der Waals surface area (Å²) in [5.41, 5.74) is 8.31. The molecule has 3 rings (SSSR count). The Morgan fingerprint density at radius 2 is 2.21 bits per heavy atom. The molecule has 0 radical (unpaired) electrons. The van der Waals surface area contributed by atoms with Gasteiger partial charge >= 0.3 is 0 Å². The van der Waals surface area contributed by atoms with Gasteiger partial charge < -0.3 is 14.7 Å². The number of nitrogens with zero attached hydrogens (tertiary/aromatic N) is 2. The molecule has 1 atom stereocenters. The first-order chi connectivity index (χ1) is 9.13. The molecule has 0 aliphatic rings. The summed E-state index contributed by atoms with van der Waals surface area (Å²) in [7, 11) is 1.97. The van der Waals surface area contributed by atoms with Gasteiger partial charge in [0.05, 0.1) is 6.04 Å².